The zero-order chi connectivity index (χ0) is 15.5. The summed E-state index contributed by atoms with van der Waals surface area (Å²) in [6, 6.07) is 6.95. The maximum absolute atomic E-state index is 13.9. The minimum absolute atomic E-state index is 0.205. The summed E-state index contributed by atoms with van der Waals surface area (Å²) in [5.41, 5.74) is 0.637. The summed E-state index contributed by atoms with van der Waals surface area (Å²) >= 11 is 3.38. The molecule has 0 amide bonds. The number of hydrogen-bond acceptors (Lipinski definition) is 4. The third kappa shape index (κ3) is 3.38. The molecule has 0 radical (unpaired) electrons. The second-order valence-corrected chi connectivity index (χ2v) is 6.44. The number of hydrogen-bond donors (Lipinski definition) is 0. The van der Waals surface area contributed by atoms with Crippen LogP contribution in [0.5, 0.6) is 0 Å². The highest BCUT2D eigenvalue weighted by Gasteiger charge is 2.15. The van der Waals surface area contributed by atoms with Gasteiger partial charge in [0.25, 0.3) is 0 Å². The summed E-state index contributed by atoms with van der Waals surface area (Å²) < 4.78 is 14.8. The van der Waals surface area contributed by atoms with Crippen molar-refractivity contribution in [3.63, 3.8) is 0 Å². The van der Waals surface area contributed by atoms with Crippen LogP contribution in [0.3, 0.4) is 0 Å². The lowest BCUT2D eigenvalue weighted by Crippen LogP contribution is -2.22. The molecule has 0 spiro atoms. The van der Waals surface area contributed by atoms with E-state index in [-0.39, 0.29) is 5.82 Å². The Kier molecular flexibility index (Phi) is 4.57. The van der Waals surface area contributed by atoms with Crippen molar-refractivity contribution in [2.45, 2.75) is 19.4 Å². The molecule has 0 saturated carbocycles. The molecule has 1 fully saturated rings. The van der Waals surface area contributed by atoms with Gasteiger partial charge in [-0.25, -0.2) is 14.4 Å². The molecule has 2 heterocycles. The number of halogens is 2. The first-order chi connectivity index (χ1) is 10.6. The van der Waals surface area contributed by atoms with Crippen molar-refractivity contribution >= 4 is 27.6 Å². The molecule has 2 aromatic rings. The summed E-state index contributed by atoms with van der Waals surface area (Å²) in [5, 5.41) is 0. The van der Waals surface area contributed by atoms with Gasteiger partial charge in [-0.3, -0.25) is 0 Å². The highest BCUT2D eigenvalue weighted by molar-refractivity contribution is 9.10. The van der Waals surface area contributed by atoms with Crippen LogP contribution < -0.4 is 9.80 Å². The van der Waals surface area contributed by atoms with Crippen LogP contribution in [0.15, 0.2) is 35.1 Å². The molecule has 22 heavy (non-hydrogen) atoms. The third-order valence-electron chi connectivity index (χ3n) is 3.87. The smallest absolute Gasteiger partial charge is 0.134 e. The molecule has 6 heteroatoms. The van der Waals surface area contributed by atoms with E-state index < -0.39 is 0 Å². The van der Waals surface area contributed by atoms with Crippen LogP contribution in [-0.2, 0) is 6.54 Å². The lowest BCUT2D eigenvalue weighted by atomic mass is 10.2. The van der Waals surface area contributed by atoms with Crippen molar-refractivity contribution in [1.82, 2.24) is 9.97 Å². The van der Waals surface area contributed by atoms with Gasteiger partial charge < -0.3 is 9.80 Å². The minimum atomic E-state index is -0.205. The van der Waals surface area contributed by atoms with Crippen LogP contribution in [0.1, 0.15) is 18.4 Å². The SMILES string of the molecule is CN(Cc1cc(Br)ccc1F)c1cc(N2CCCC2)ncn1. The number of benzene rings is 1. The van der Waals surface area contributed by atoms with Crippen LogP contribution in [0.25, 0.3) is 0 Å². The van der Waals surface area contributed by atoms with Crippen molar-refractivity contribution < 1.29 is 4.39 Å². The maximum Gasteiger partial charge on any atom is 0.134 e. The molecule has 1 aliphatic rings. The summed E-state index contributed by atoms with van der Waals surface area (Å²) in [5.74, 6) is 1.55. The Labute approximate surface area is 138 Å². The Morgan fingerprint density at radius 3 is 2.77 bits per heavy atom. The van der Waals surface area contributed by atoms with E-state index in [1.54, 1.807) is 18.5 Å². The van der Waals surface area contributed by atoms with Gasteiger partial charge in [0.1, 0.15) is 23.8 Å². The minimum Gasteiger partial charge on any atom is -0.356 e. The Balaban J connectivity index is 1.78. The van der Waals surface area contributed by atoms with Crippen molar-refractivity contribution in [1.29, 1.82) is 0 Å². The van der Waals surface area contributed by atoms with Crippen LogP contribution in [0, 0.1) is 5.82 Å². The van der Waals surface area contributed by atoms with E-state index >= 15 is 0 Å². The van der Waals surface area contributed by atoms with Gasteiger partial charge in [0.15, 0.2) is 0 Å². The Bertz CT molecular complexity index is 658. The molecule has 0 unspecified atom stereocenters. The van der Waals surface area contributed by atoms with E-state index in [0.717, 1.165) is 29.2 Å². The number of anilines is 2. The Hall–Kier alpha value is -1.69. The van der Waals surface area contributed by atoms with E-state index in [2.05, 4.69) is 30.8 Å². The average Bonchev–Trinajstić information content (AvgIpc) is 3.05. The zero-order valence-electron chi connectivity index (χ0n) is 12.5. The first-order valence-corrected chi connectivity index (χ1v) is 8.15. The largest absolute Gasteiger partial charge is 0.356 e. The molecule has 0 aliphatic carbocycles. The van der Waals surface area contributed by atoms with Crippen LogP contribution in [-0.4, -0.2) is 30.1 Å². The normalized spacial score (nSPS) is 14.4. The van der Waals surface area contributed by atoms with Gasteiger partial charge in [-0.2, -0.15) is 0 Å². The number of rotatable bonds is 4. The highest BCUT2D eigenvalue weighted by Crippen LogP contribution is 2.23. The van der Waals surface area contributed by atoms with E-state index in [1.165, 1.54) is 18.9 Å². The van der Waals surface area contributed by atoms with Crippen molar-refractivity contribution in [3.05, 3.63) is 46.4 Å². The lowest BCUT2D eigenvalue weighted by molar-refractivity contribution is 0.607. The first kappa shape index (κ1) is 15.2. The molecule has 4 nitrogen and oxygen atoms in total. The van der Waals surface area contributed by atoms with E-state index in [4.69, 9.17) is 0 Å². The summed E-state index contributed by atoms with van der Waals surface area (Å²) in [4.78, 5) is 12.9. The molecule has 3 rings (SSSR count). The van der Waals surface area contributed by atoms with Gasteiger partial charge in [-0.1, -0.05) is 15.9 Å². The average molecular weight is 365 g/mol. The van der Waals surface area contributed by atoms with Gasteiger partial charge >= 0.3 is 0 Å². The van der Waals surface area contributed by atoms with E-state index in [1.807, 2.05) is 18.0 Å². The van der Waals surface area contributed by atoms with E-state index in [0.29, 0.717) is 12.1 Å². The Morgan fingerprint density at radius 1 is 1.23 bits per heavy atom. The van der Waals surface area contributed by atoms with Gasteiger partial charge in [-0.15, -0.1) is 0 Å². The van der Waals surface area contributed by atoms with Crippen LogP contribution in [0.2, 0.25) is 0 Å². The van der Waals surface area contributed by atoms with Gasteiger partial charge in [0.2, 0.25) is 0 Å². The van der Waals surface area contributed by atoms with Crippen LogP contribution >= 0.6 is 15.9 Å². The van der Waals surface area contributed by atoms with Crippen molar-refractivity contribution in [2.24, 2.45) is 0 Å². The number of aromatic nitrogens is 2. The quantitative estimate of drug-likeness (QED) is 0.829. The molecular weight excluding hydrogens is 347 g/mol. The fourth-order valence-corrected chi connectivity index (χ4v) is 3.07. The van der Waals surface area contributed by atoms with Crippen LogP contribution in [0.4, 0.5) is 16.0 Å². The highest BCUT2D eigenvalue weighted by atomic mass is 79.9. The van der Waals surface area contributed by atoms with Gasteiger partial charge in [-0.05, 0) is 31.0 Å². The molecule has 1 aromatic heterocycles. The predicted octanol–water partition coefficient (Wildman–Crippen LogP) is 3.61. The molecule has 0 bridgehead atoms. The maximum atomic E-state index is 13.9. The molecule has 1 aliphatic heterocycles. The first-order valence-electron chi connectivity index (χ1n) is 7.35. The predicted molar refractivity (Wildman–Crippen MR) is 89.7 cm³/mol. The number of nitrogens with zero attached hydrogens (tertiary/aromatic N) is 4. The Morgan fingerprint density at radius 2 is 2.00 bits per heavy atom. The van der Waals surface area contributed by atoms with Gasteiger partial charge in [0, 0.05) is 42.8 Å². The molecule has 0 N–H and O–H groups in total. The molecule has 0 atom stereocenters. The van der Waals surface area contributed by atoms with Gasteiger partial charge in [0.05, 0.1) is 0 Å². The zero-order valence-corrected chi connectivity index (χ0v) is 14.1. The lowest BCUT2D eigenvalue weighted by Gasteiger charge is -2.21. The standard InChI is InChI=1S/C16H18BrFN4/c1-21(10-12-8-13(17)4-5-14(12)18)15-9-16(20-11-19-15)22-6-2-3-7-22/h4-5,8-9,11H,2-3,6-7,10H2,1H3. The van der Waals surface area contributed by atoms with Crippen molar-refractivity contribution in [3.8, 4) is 0 Å². The summed E-state index contributed by atoms with van der Waals surface area (Å²) in [6.45, 7) is 2.54. The van der Waals surface area contributed by atoms with E-state index in [9.17, 15) is 4.39 Å². The molecule has 1 saturated heterocycles. The second kappa shape index (κ2) is 6.60. The molecular formula is C16H18BrFN4. The summed E-state index contributed by atoms with van der Waals surface area (Å²) in [7, 11) is 1.91. The fourth-order valence-electron chi connectivity index (χ4n) is 2.67. The molecule has 1 aromatic carbocycles. The topological polar surface area (TPSA) is 32.3 Å². The van der Waals surface area contributed by atoms with Crippen molar-refractivity contribution in [2.75, 3.05) is 29.9 Å². The fraction of sp³-hybridized carbons (Fsp3) is 0.375. The second-order valence-electron chi connectivity index (χ2n) is 5.52. The molecule has 116 valence electrons. The third-order valence-corrected chi connectivity index (χ3v) is 4.37. The summed E-state index contributed by atoms with van der Waals surface area (Å²) in [6.07, 6.45) is 3.99. The monoisotopic (exact) mass is 364 g/mol.